The molecule has 0 saturated carbocycles. The van der Waals surface area contributed by atoms with Crippen LogP contribution in [0.25, 0.3) is 0 Å². The van der Waals surface area contributed by atoms with Gasteiger partial charge in [-0.1, -0.05) is 30.3 Å². The average molecular weight is 282 g/mol. The molecule has 1 aromatic carbocycles. The third kappa shape index (κ3) is 3.94. The van der Waals surface area contributed by atoms with Crippen molar-refractivity contribution in [2.45, 2.75) is 25.7 Å². The summed E-state index contributed by atoms with van der Waals surface area (Å²) in [6.07, 6.45) is 6.55. The second-order valence-electron chi connectivity index (χ2n) is 5.45. The normalized spacial score (nSPS) is 14.4. The Morgan fingerprint density at radius 2 is 1.86 bits per heavy atom. The molecular formula is C17H22N4. The first-order chi connectivity index (χ1) is 10.4. The van der Waals surface area contributed by atoms with Crippen molar-refractivity contribution in [3.8, 4) is 0 Å². The van der Waals surface area contributed by atoms with Gasteiger partial charge in [0.15, 0.2) is 0 Å². The molecule has 4 nitrogen and oxygen atoms in total. The highest BCUT2D eigenvalue weighted by Gasteiger charge is 2.13. The molecule has 21 heavy (non-hydrogen) atoms. The smallest absolute Gasteiger partial charge is 0.224 e. The van der Waals surface area contributed by atoms with E-state index in [1.807, 2.05) is 12.3 Å². The molecule has 0 atom stereocenters. The van der Waals surface area contributed by atoms with E-state index < -0.39 is 0 Å². The Kier molecular flexibility index (Phi) is 4.66. The molecule has 0 spiro atoms. The monoisotopic (exact) mass is 282 g/mol. The van der Waals surface area contributed by atoms with Crippen LogP contribution in [0.3, 0.4) is 0 Å². The van der Waals surface area contributed by atoms with Crippen LogP contribution in [0.2, 0.25) is 0 Å². The minimum absolute atomic E-state index is 0.743. The number of nitrogens with one attached hydrogen (secondary N) is 1. The average Bonchev–Trinajstić information content (AvgIpc) is 3.07. The van der Waals surface area contributed by atoms with E-state index in [9.17, 15) is 0 Å². The van der Waals surface area contributed by atoms with Crippen molar-refractivity contribution in [3.63, 3.8) is 0 Å². The lowest BCUT2D eigenvalue weighted by Crippen LogP contribution is -2.19. The third-order valence-corrected chi connectivity index (χ3v) is 3.84. The van der Waals surface area contributed by atoms with Crippen LogP contribution in [-0.4, -0.2) is 29.6 Å². The van der Waals surface area contributed by atoms with Crippen LogP contribution in [0.15, 0.2) is 42.6 Å². The molecule has 1 aliphatic rings. The molecule has 0 unspecified atom stereocenters. The van der Waals surface area contributed by atoms with E-state index >= 15 is 0 Å². The Balaban J connectivity index is 1.48. The second-order valence-corrected chi connectivity index (χ2v) is 5.45. The maximum absolute atomic E-state index is 4.60. The van der Waals surface area contributed by atoms with Crippen LogP contribution in [0, 0.1) is 0 Å². The molecule has 1 N–H and O–H groups in total. The van der Waals surface area contributed by atoms with Crippen LogP contribution in [0.5, 0.6) is 0 Å². The Morgan fingerprint density at radius 1 is 1.05 bits per heavy atom. The lowest BCUT2D eigenvalue weighted by atomic mass is 10.1. The van der Waals surface area contributed by atoms with Gasteiger partial charge >= 0.3 is 0 Å². The Bertz CT molecular complexity index is 550. The van der Waals surface area contributed by atoms with E-state index in [4.69, 9.17) is 0 Å². The fourth-order valence-electron chi connectivity index (χ4n) is 2.69. The largest absolute Gasteiger partial charge is 0.356 e. The van der Waals surface area contributed by atoms with Crippen molar-refractivity contribution < 1.29 is 0 Å². The van der Waals surface area contributed by atoms with Crippen molar-refractivity contribution in [1.82, 2.24) is 9.97 Å². The van der Waals surface area contributed by atoms with Gasteiger partial charge in [-0.2, -0.15) is 4.98 Å². The SMILES string of the molecule is c1ccc(CCCNc2nccc(N3CCCC3)n2)cc1. The van der Waals surface area contributed by atoms with Crippen LogP contribution in [0.1, 0.15) is 24.8 Å². The van der Waals surface area contributed by atoms with Crippen LogP contribution in [0.4, 0.5) is 11.8 Å². The van der Waals surface area contributed by atoms with Gasteiger partial charge in [-0.25, -0.2) is 4.98 Å². The van der Waals surface area contributed by atoms with Gasteiger partial charge in [-0.05, 0) is 37.3 Å². The van der Waals surface area contributed by atoms with Crippen molar-refractivity contribution in [3.05, 3.63) is 48.2 Å². The second kappa shape index (κ2) is 7.07. The minimum Gasteiger partial charge on any atom is -0.356 e. The van der Waals surface area contributed by atoms with Gasteiger partial charge < -0.3 is 10.2 Å². The molecule has 0 amide bonds. The van der Waals surface area contributed by atoms with Gasteiger partial charge in [0.2, 0.25) is 5.95 Å². The molecule has 1 aliphatic heterocycles. The van der Waals surface area contributed by atoms with E-state index in [2.05, 4.69) is 50.5 Å². The third-order valence-electron chi connectivity index (χ3n) is 3.84. The highest BCUT2D eigenvalue weighted by Crippen LogP contribution is 2.18. The summed E-state index contributed by atoms with van der Waals surface area (Å²) < 4.78 is 0. The van der Waals surface area contributed by atoms with Crippen molar-refractivity contribution in [2.75, 3.05) is 29.9 Å². The number of anilines is 2. The number of aryl methyl sites for hydroxylation is 1. The fourth-order valence-corrected chi connectivity index (χ4v) is 2.69. The predicted octanol–water partition coefficient (Wildman–Crippen LogP) is 3.12. The molecule has 2 heterocycles. The van der Waals surface area contributed by atoms with Gasteiger partial charge in [0.25, 0.3) is 0 Å². The maximum Gasteiger partial charge on any atom is 0.224 e. The van der Waals surface area contributed by atoms with Crippen LogP contribution >= 0.6 is 0 Å². The minimum atomic E-state index is 0.743. The highest BCUT2D eigenvalue weighted by atomic mass is 15.2. The van der Waals surface area contributed by atoms with E-state index in [0.717, 1.165) is 44.2 Å². The first-order valence-electron chi connectivity index (χ1n) is 7.77. The molecule has 1 fully saturated rings. The van der Waals surface area contributed by atoms with Gasteiger partial charge in [0.05, 0.1) is 0 Å². The molecular weight excluding hydrogens is 260 g/mol. The zero-order valence-corrected chi connectivity index (χ0v) is 12.3. The number of rotatable bonds is 6. The molecule has 4 heteroatoms. The molecule has 3 rings (SSSR count). The van der Waals surface area contributed by atoms with Crippen molar-refractivity contribution >= 4 is 11.8 Å². The van der Waals surface area contributed by atoms with Gasteiger partial charge in [0.1, 0.15) is 5.82 Å². The zero-order valence-electron chi connectivity index (χ0n) is 12.3. The number of hydrogen-bond donors (Lipinski definition) is 1. The van der Waals surface area contributed by atoms with Gasteiger partial charge in [0, 0.05) is 25.8 Å². The molecule has 0 radical (unpaired) electrons. The maximum atomic E-state index is 4.60. The molecule has 0 aliphatic carbocycles. The summed E-state index contributed by atoms with van der Waals surface area (Å²) in [4.78, 5) is 11.2. The summed E-state index contributed by atoms with van der Waals surface area (Å²) in [6.45, 7) is 3.13. The van der Waals surface area contributed by atoms with Gasteiger partial charge in [-0.15, -0.1) is 0 Å². The number of benzene rings is 1. The van der Waals surface area contributed by atoms with Crippen LogP contribution < -0.4 is 10.2 Å². The summed E-state index contributed by atoms with van der Waals surface area (Å²) in [7, 11) is 0. The summed E-state index contributed by atoms with van der Waals surface area (Å²) >= 11 is 0. The summed E-state index contributed by atoms with van der Waals surface area (Å²) in [5.74, 6) is 1.79. The standard InChI is InChI=1S/C17H22N4/c1-2-7-15(8-3-1)9-6-11-18-17-19-12-10-16(20-17)21-13-4-5-14-21/h1-3,7-8,10,12H,4-6,9,11,13-14H2,(H,18,19,20). The van der Waals surface area contributed by atoms with Gasteiger partial charge in [-0.3, -0.25) is 0 Å². The first-order valence-corrected chi connectivity index (χ1v) is 7.77. The lowest BCUT2D eigenvalue weighted by molar-refractivity contribution is 0.849. The van der Waals surface area contributed by atoms with Crippen molar-refractivity contribution in [1.29, 1.82) is 0 Å². The predicted molar refractivity (Wildman–Crippen MR) is 86.7 cm³/mol. The lowest BCUT2D eigenvalue weighted by Gasteiger charge is -2.16. The number of hydrogen-bond acceptors (Lipinski definition) is 4. The summed E-state index contributed by atoms with van der Waals surface area (Å²) in [5.41, 5.74) is 1.38. The number of aromatic nitrogens is 2. The molecule has 2 aromatic rings. The Morgan fingerprint density at radius 3 is 2.67 bits per heavy atom. The highest BCUT2D eigenvalue weighted by molar-refractivity contribution is 5.43. The molecule has 0 bridgehead atoms. The Hall–Kier alpha value is -2.10. The molecule has 110 valence electrons. The van der Waals surface area contributed by atoms with Crippen molar-refractivity contribution in [2.24, 2.45) is 0 Å². The summed E-state index contributed by atoms with van der Waals surface area (Å²) in [5, 5.41) is 3.33. The van der Waals surface area contributed by atoms with E-state index in [0.29, 0.717) is 0 Å². The fraction of sp³-hybridized carbons (Fsp3) is 0.412. The van der Waals surface area contributed by atoms with Crippen LogP contribution in [-0.2, 0) is 6.42 Å². The van der Waals surface area contributed by atoms with E-state index in [1.165, 1.54) is 18.4 Å². The van der Waals surface area contributed by atoms with E-state index in [1.54, 1.807) is 0 Å². The molecule has 1 aromatic heterocycles. The quantitative estimate of drug-likeness (QED) is 0.827. The first kappa shape index (κ1) is 13.9. The zero-order chi connectivity index (χ0) is 14.3. The summed E-state index contributed by atoms with van der Waals surface area (Å²) in [6, 6.07) is 12.6. The topological polar surface area (TPSA) is 41.1 Å². The molecule has 1 saturated heterocycles. The number of nitrogens with zero attached hydrogens (tertiary/aromatic N) is 3. The van der Waals surface area contributed by atoms with E-state index in [-0.39, 0.29) is 0 Å². The Labute approximate surface area is 126 Å².